The summed E-state index contributed by atoms with van der Waals surface area (Å²) in [5.41, 5.74) is 2.61. The van der Waals surface area contributed by atoms with E-state index in [0.717, 1.165) is 17.0 Å². The van der Waals surface area contributed by atoms with Crippen LogP contribution in [0.3, 0.4) is 0 Å². The molecule has 0 saturated carbocycles. The van der Waals surface area contributed by atoms with Gasteiger partial charge in [0.15, 0.2) is 0 Å². The van der Waals surface area contributed by atoms with E-state index in [1.807, 2.05) is 24.3 Å². The number of ether oxygens (including phenoxy) is 1. The van der Waals surface area contributed by atoms with E-state index in [2.05, 4.69) is 9.98 Å². The van der Waals surface area contributed by atoms with Crippen LogP contribution in [-0.4, -0.2) is 31.0 Å². The van der Waals surface area contributed by atoms with E-state index < -0.39 is 0 Å². The molecule has 1 aromatic rings. The molecule has 16 heavy (non-hydrogen) atoms. The monoisotopic (exact) mass is 216 g/mol. The first kappa shape index (κ1) is 10.5. The average Bonchev–Trinajstić information content (AvgIpc) is 2.47. The van der Waals surface area contributed by atoms with Crippen molar-refractivity contribution in [2.45, 2.75) is 6.92 Å². The highest BCUT2D eigenvalue weighted by Crippen LogP contribution is 2.18. The van der Waals surface area contributed by atoms with Crippen LogP contribution in [-0.2, 0) is 9.53 Å². The van der Waals surface area contributed by atoms with Crippen LogP contribution in [0.5, 0.6) is 0 Å². The molecule has 0 amide bonds. The van der Waals surface area contributed by atoms with Crippen molar-refractivity contribution in [1.29, 1.82) is 0 Å². The summed E-state index contributed by atoms with van der Waals surface area (Å²) < 4.78 is 4.91. The molecule has 0 unspecified atom stereocenters. The maximum atomic E-state index is 10.7. The summed E-state index contributed by atoms with van der Waals surface area (Å²) in [6, 6.07) is 7.74. The lowest BCUT2D eigenvalue weighted by Crippen LogP contribution is -2.14. The lowest BCUT2D eigenvalue weighted by molar-refractivity contribution is -0.139. The Balaban J connectivity index is 2.21. The van der Waals surface area contributed by atoms with Gasteiger partial charge in [0, 0.05) is 18.7 Å². The zero-order valence-corrected chi connectivity index (χ0v) is 9.01. The highest BCUT2D eigenvalue weighted by molar-refractivity contribution is 5.98. The topological polar surface area (TPSA) is 51.0 Å². The molecule has 1 heterocycles. The molecule has 0 spiro atoms. The summed E-state index contributed by atoms with van der Waals surface area (Å²) in [6.45, 7) is 2.07. The van der Waals surface area contributed by atoms with Gasteiger partial charge in [-0.25, -0.2) is 0 Å². The maximum absolute atomic E-state index is 10.7. The Kier molecular flexibility index (Phi) is 3.10. The van der Waals surface area contributed by atoms with Crippen molar-refractivity contribution in [3.63, 3.8) is 0 Å². The summed E-state index contributed by atoms with van der Waals surface area (Å²) in [5, 5.41) is 0. The quantitative estimate of drug-likeness (QED) is 0.707. The SMILES string of the molecule is CC(=O)OCC1=Nc2ccccc2C=NC1. The lowest BCUT2D eigenvalue weighted by atomic mass is 10.2. The van der Waals surface area contributed by atoms with Gasteiger partial charge in [-0.2, -0.15) is 0 Å². The van der Waals surface area contributed by atoms with E-state index in [9.17, 15) is 4.79 Å². The molecule has 1 aromatic carbocycles. The van der Waals surface area contributed by atoms with Crippen LogP contribution in [0.1, 0.15) is 12.5 Å². The number of carbonyl (C=O) groups excluding carboxylic acids is 1. The lowest BCUT2D eigenvalue weighted by Gasteiger charge is -2.03. The summed E-state index contributed by atoms with van der Waals surface area (Å²) in [5.74, 6) is -0.302. The van der Waals surface area contributed by atoms with Crippen molar-refractivity contribution in [1.82, 2.24) is 0 Å². The molecule has 4 heteroatoms. The fourth-order valence-corrected chi connectivity index (χ4v) is 1.42. The van der Waals surface area contributed by atoms with Gasteiger partial charge in [0.2, 0.25) is 0 Å². The molecular weight excluding hydrogens is 204 g/mol. The number of rotatable bonds is 2. The third kappa shape index (κ3) is 2.53. The Morgan fingerprint density at radius 2 is 2.25 bits per heavy atom. The molecule has 0 saturated heterocycles. The van der Waals surface area contributed by atoms with E-state index >= 15 is 0 Å². The minimum atomic E-state index is -0.302. The molecule has 1 aliphatic rings. The Morgan fingerprint density at radius 1 is 1.44 bits per heavy atom. The summed E-state index contributed by atoms with van der Waals surface area (Å²) in [4.78, 5) is 19.4. The van der Waals surface area contributed by atoms with Crippen LogP contribution < -0.4 is 0 Å². The summed E-state index contributed by atoms with van der Waals surface area (Å²) in [7, 11) is 0. The van der Waals surface area contributed by atoms with Gasteiger partial charge in [-0.05, 0) is 6.07 Å². The third-order valence-corrected chi connectivity index (χ3v) is 2.16. The van der Waals surface area contributed by atoms with Crippen molar-refractivity contribution in [3.05, 3.63) is 29.8 Å². The Hall–Kier alpha value is -1.97. The number of esters is 1. The predicted molar refractivity (Wildman–Crippen MR) is 62.6 cm³/mol. The number of benzene rings is 1. The van der Waals surface area contributed by atoms with Gasteiger partial charge in [-0.3, -0.25) is 14.8 Å². The second-order valence-corrected chi connectivity index (χ2v) is 3.49. The van der Waals surface area contributed by atoms with Crippen LogP contribution >= 0.6 is 0 Å². The third-order valence-electron chi connectivity index (χ3n) is 2.16. The van der Waals surface area contributed by atoms with Crippen molar-refractivity contribution in [2.75, 3.05) is 13.2 Å². The molecule has 0 aliphatic carbocycles. The average molecular weight is 216 g/mol. The number of hydrogen-bond donors (Lipinski definition) is 0. The van der Waals surface area contributed by atoms with E-state index in [1.54, 1.807) is 6.21 Å². The number of nitrogens with zero attached hydrogens (tertiary/aromatic N) is 2. The van der Waals surface area contributed by atoms with Gasteiger partial charge in [-0.15, -0.1) is 0 Å². The minimum Gasteiger partial charge on any atom is -0.460 e. The van der Waals surface area contributed by atoms with Gasteiger partial charge in [0.05, 0.1) is 17.9 Å². The zero-order valence-electron chi connectivity index (χ0n) is 9.01. The highest BCUT2D eigenvalue weighted by Gasteiger charge is 2.07. The Morgan fingerprint density at radius 3 is 3.06 bits per heavy atom. The fraction of sp³-hybridized carbons (Fsp3) is 0.250. The number of aliphatic imine (C=N–C) groups is 2. The first-order valence-corrected chi connectivity index (χ1v) is 5.04. The molecule has 1 aliphatic heterocycles. The Bertz CT molecular complexity index is 464. The van der Waals surface area contributed by atoms with Crippen LogP contribution in [0, 0.1) is 0 Å². The molecule has 0 N–H and O–H groups in total. The largest absolute Gasteiger partial charge is 0.460 e. The molecule has 4 nitrogen and oxygen atoms in total. The van der Waals surface area contributed by atoms with Gasteiger partial charge in [0.25, 0.3) is 0 Å². The van der Waals surface area contributed by atoms with E-state index in [4.69, 9.17) is 4.74 Å². The normalized spacial score (nSPS) is 13.7. The highest BCUT2D eigenvalue weighted by atomic mass is 16.5. The molecule has 0 atom stereocenters. The van der Waals surface area contributed by atoms with Crippen molar-refractivity contribution >= 4 is 23.6 Å². The molecule has 2 rings (SSSR count). The second kappa shape index (κ2) is 4.70. The van der Waals surface area contributed by atoms with Crippen molar-refractivity contribution < 1.29 is 9.53 Å². The van der Waals surface area contributed by atoms with Crippen LogP contribution in [0.25, 0.3) is 0 Å². The predicted octanol–water partition coefficient (Wildman–Crippen LogP) is 1.75. The van der Waals surface area contributed by atoms with E-state index in [1.165, 1.54) is 6.92 Å². The maximum Gasteiger partial charge on any atom is 0.303 e. The molecular formula is C12H12N2O2. The van der Waals surface area contributed by atoms with Crippen LogP contribution in [0.15, 0.2) is 34.3 Å². The van der Waals surface area contributed by atoms with Gasteiger partial charge in [0.1, 0.15) is 6.61 Å². The minimum absolute atomic E-state index is 0.209. The summed E-state index contributed by atoms with van der Waals surface area (Å²) in [6.07, 6.45) is 1.79. The van der Waals surface area contributed by atoms with E-state index in [-0.39, 0.29) is 12.6 Å². The second-order valence-electron chi connectivity index (χ2n) is 3.49. The van der Waals surface area contributed by atoms with Crippen molar-refractivity contribution in [3.8, 4) is 0 Å². The van der Waals surface area contributed by atoms with Crippen LogP contribution in [0.2, 0.25) is 0 Å². The van der Waals surface area contributed by atoms with Gasteiger partial charge >= 0.3 is 5.97 Å². The summed E-state index contributed by atoms with van der Waals surface area (Å²) >= 11 is 0. The smallest absolute Gasteiger partial charge is 0.303 e. The number of hydrogen-bond acceptors (Lipinski definition) is 4. The molecule has 82 valence electrons. The Labute approximate surface area is 93.7 Å². The van der Waals surface area contributed by atoms with Crippen molar-refractivity contribution in [2.24, 2.45) is 9.98 Å². The molecule has 0 radical (unpaired) electrons. The number of fused-ring (bicyclic) bond motifs is 1. The van der Waals surface area contributed by atoms with Crippen LogP contribution in [0.4, 0.5) is 5.69 Å². The van der Waals surface area contributed by atoms with Gasteiger partial charge in [-0.1, -0.05) is 18.2 Å². The van der Waals surface area contributed by atoms with Gasteiger partial charge < -0.3 is 4.74 Å². The number of para-hydroxylation sites is 1. The van der Waals surface area contributed by atoms with E-state index in [0.29, 0.717) is 6.54 Å². The zero-order chi connectivity index (χ0) is 11.4. The first-order valence-electron chi connectivity index (χ1n) is 5.04. The molecule has 0 fully saturated rings. The number of carbonyl (C=O) groups is 1. The molecule has 0 bridgehead atoms. The standard InChI is InChI=1S/C12H12N2O2/c1-9(15)16-8-11-7-13-6-10-4-2-3-5-12(10)14-11/h2-6H,7-8H2,1H3. The first-order chi connectivity index (χ1) is 7.75. The fourth-order valence-electron chi connectivity index (χ4n) is 1.42. The molecule has 0 aromatic heterocycles.